The molecule has 1 fully saturated rings. The van der Waals surface area contributed by atoms with Crippen molar-refractivity contribution in [2.45, 2.75) is 47.0 Å². The second-order valence-corrected chi connectivity index (χ2v) is 5.54. The Morgan fingerprint density at radius 2 is 1.86 bits per heavy atom. The molecule has 14 heavy (non-hydrogen) atoms. The Hall–Kier alpha value is -0.530. The average Bonchev–Trinajstić information content (AvgIpc) is 2.25. The van der Waals surface area contributed by atoms with Crippen molar-refractivity contribution < 1.29 is 0 Å². The second-order valence-electron chi connectivity index (χ2n) is 5.54. The van der Waals surface area contributed by atoms with Gasteiger partial charge in [-0.1, -0.05) is 27.7 Å². The molecule has 1 aliphatic rings. The van der Waals surface area contributed by atoms with Crippen molar-refractivity contribution in [1.82, 2.24) is 4.90 Å². The average molecular weight is 196 g/mol. The molecule has 1 aliphatic heterocycles. The van der Waals surface area contributed by atoms with Crippen LogP contribution in [0.1, 0.15) is 47.0 Å². The van der Waals surface area contributed by atoms with Crippen LogP contribution in [0.15, 0.2) is 0 Å². The summed E-state index contributed by atoms with van der Waals surface area (Å²) in [7, 11) is 0. The smallest absolute Gasteiger partial charge is 0.0983 e. The van der Waals surface area contributed by atoms with E-state index in [1.165, 1.54) is 19.3 Å². The number of likely N-dealkylation sites (tertiary alicyclic amines) is 1. The summed E-state index contributed by atoms with van der Waals surface area (Å²) in [6.07, 6.45) is 3.76. The van der Waals surface area contributed by atoms with Crippen molar-refractivity contribution in [2.75, 3.05) is 13.1 Å². The van der Waals surface area contributed by atoms with Gasteiger partial charge >= 0.3 is 0 Å². The largest absolute Gasteiger partial charge is 0.360 e. The Bertz CT molecular complexity index is 206. The van der Waals surface area contributed by atoms with Crippen LogP contribution in [-0.4, -0.2) is 23.8 Å². The molecule has 82 valence electrons. The quantitative estimate of drug-likeness (QED) is 0.506. The third kappa shape index (κ3) is 3.00. The summed E-state index contributed by atoms with van der Waals surface area (Å²) >= 11 is 0. The second kappa shape index (κ2) is 4.33. The highest BCUT2D eigenvalue weighted by Gasteiger charge is 2.24. The molecule has 1 N–H and O–H groups in total. The summed E-state index contributed by atoms with van der Waals surface area (Å²) in [6.45, 7) is 11.1. The van der Waals surface area contributed by atoms with Crippen LogP contribution in [0.4, 0.5) is 0 Å². The predicted octanol–water partition coefficient (Wildman–Crippen LogP) is 3.13. The van der Waals surface area contributed by atoms with Crippen molar-refractivity contribution in [3.05, 3.63) is 0 Å². The molecule has 2 heteroatoms. The highest BCUT2D eigenvalue weighted by molar-refractivity contribution is 5.80. The van der Waals surface area contributed by atoms with E-state index >= 15 is 0 Å². The molecule has 0 spiro atoms. The first-order valence-electron chi connectivity index (χ1n) is 5.76. The van der Waals surface area contributed by atoms with Gasteiger partial charge in [0, 0.05) is 19.0 Å². The molecule has 0 aromatic heterocycles. The molecular formula is C12H24N2. The maximum atomic E-state index is 7.99. The van der Waals surface area contributed by atoms with Gasteiger partial charge in [0.15, 0.2) is 0 Å². The number of nitrogens with zero attached hydrogens (tertiary/aromatic N) is 1. The summed E-state index contributed by atoms with van der Waals surface area (Å²) in [5.74, 6) is 1.19. The van der Waals surface area contributed by atoms with Crippen LogP contribution in [0, 0.1) is 16.7 Å². The maximum absolute atomic E-state index is 7.99. The van der Waals surface area contributed by atoms with Crippen LogP contribution in [0.2, 0.25) is 0 Å². The zero-order chi connectivity index (χ0) is 10.8. The number of nitrogens with one attached hydrogen (secondary N) is 1. The number of amidine groups is 1. The summed E-state index contributed by atoms with van der Waals surface area (Å²) in [4.78, 5) is 2.26. The van der Waals surface area contributed by atoms with Gasteiger partial charge in [-0.2, -0.15) is 0 Å². The summed E-state index contributed by atoms with van der Waals surface area (Å²) in [5, 5.41) is 7.99. The topological polar surface area (TPSA) is 27.1 Å². The number of rotatable bonds is 1. The molecule has 0 aliphatic carbocycles. The minimum absolute atomic E-state index is 0.371. The van der Waals surface area contributed by atoms with Gasteiger partial charge < -0.3 is 4.90 Å². The van der Waals surface area contributed by atoms with Gasteiger partial charge in [-0.25, -0.2) is 0 Å². The highest BCUT2D eigenvalue weighted by Crippen LogP contribution is 2.30. The van der Waals surface area contributed by atoms with E-state index in [4.69, 9.17) is 5.41 Å². The molecule has 1 heterocycles. The molecule has 1 rings (SSSR count). The van der Waals surface area contributed by atoms with E-state index in [1.807, 2.05) is 0 Å². The molecule has 0 aromatic carbocycles. The third-order valence-electron chi connectivity index (χ3n) is 3.23. The lowest BCUT2D eigenvalue weighted by Gasteiger charge is -2.26. The first-order chi connectivity index (χ1) is 6.42. The van der Waals surface area contributed by atoms with Crippen LogP contribution in [0.3, 0.4) is 0 Å². The fourth-order valence-electron chi connectivity index (χ4n) is 2.03. The van der Waals surface area contributed by atoms with Crippen LogP contribution in [0.5, 0.6) is 0 Å². The molecule has 0 saturated carbocycles. The molecule has 0 atom stereocenters. The Labute approximate surface area is 88.2 Å². The molecule has 0 radical (unpaired) electrons. The van der Waals surface area contributed by atoms with Crippen LogP contribution in [-0.2, 0) is 0 Å². The van der Waals surface area contributed by atoms with Crippen molar-refractivity contribution in [3.8, 4) is 0 Å². The molecular weight excluding hydrogens is 172 g/mol. The van der Waals surface area contributed by atoms with Crippen LogP contribution < -0.4 is 0 Å². The fraction of sp³-hybridized carbons (Fsp3) is 0.917. The third-order valence-corrected chi connectivity index (χ3v) is 3.23. The van der Waals surface area contributed by atoms with E-state index in [9.17, 15) is 0 Å². The van der Waals surface area contributed by atoms with Gasteiger partial charge in [-0.15, -0.1) is 0 Å². The van der Waals surface area contributed by atoms with Crippen molar-refractivity contribution in [3.63, 3.8) is 0 Å². The first-order valence-corrected chi connectivity index (χ1v) is 5.76. The SMILES string of the molecule is CC(C)C(=N)N1CCCC(C)(C)CC1. The first kappa shape index (κ1) is 11.5. The number of hydrogen-bond donors (Lipinski definition) is 1. The molecule has 0 bridgehead atoms. The molecule has 0 aromatic rings. The summed E-state index contributed by atoms with van der Waals surface area (Å²) < 4.78 is 0. The standard InChI is InChI=1S/C12H24N2/c1-10(2)11(13)14-8-5-6-12(3,4)7-9-14/h10,13H,5-9H2,1-4H3. The Kier molecular flexibility index (Phi) is 3.57. The Morgan fingerprint density at radius 1 is 1.21 bits per heavy atom. The van der Waals surface area contributed by atoms with Gasteiger partial charge in [0.2, 0.25) is 0 Å². The van der Waals surface area contributed by atoms with Crippen LogP contribution >= 0.6 is 0 Å². The minimum Gasteiger partial charge on any atom is -0.360 e. The summed E-state index contributed by atoms with van der Waals surface area (Å²) in [5.41, 5.74) is 0.478. The predicted molar refractivity (Wildman–Crippen MR) is 61.8 cm³/mol. The van der Waals surface area contributed by atoms with Gasteiger partial charge in [0.1, 0.15) is 0 Å². The van der Waals surface area contributed by atoms with Crippen LogP contribution in [0.25, 0.3) is 0 Å². The summed E-state index contributed by atoms with van der Waals surface area (Å²) in [6, 6.07) is 0. The van der Waals surface area contributed by atoms with Crippen molar-refractivity contribution >= 4 is 5.84 Å². The van der Waals surface area contributed by atoms with Gasteiger partial charge in [-0.3, -0.25) is 5.41 Å². The zero-order valence-electron chi connectivity index (χ0n) is 10.1. The lowest BCUT2D eigenvalue weighted by molar-refractivity contribution is 0.311. The van der Waals surface area contributed by atoms with E-state index in [1.54, 1.807) is 0 Å². The number of hydrogen-bond acceptors (Lipinski definition) is 1. The molecule has 0 amide bonds. The fourth-order valence-corrected chi connectivity index (χ4v) is 2.03. The lowest BCUT2D eigenvalue weighted by Crippen LogP contribution is -2.34. The lowest BCUT2D eigenvalue weighted by atomic mass is 9.85. The minimum atomic E-state index is 0.371. The molecule has 0 unspecified atom stereocenters. The monoisotopic (exact) mass is 196 g/mol. The van der Waals surface area contributed by atoms with Gasteiger partial charge in [0.25, 0.3) is 0 Å². The maximum Gasteiger partial charge on any atom is 0.0983 e. The molecule has 2 nitrogen and oxygen atoms in total. The molecule has 1 saturated heterocycles. The van der Waals surface area contributed by atoms with E-state index in [0.717, 1.165) is 18.9 Å². The Balaban J connectivity index is 2.54. The van der Waals surface area contributed by atoms with Crippen molar-refractivity contribution in [2.24, 2.45) is 11.3 Å². The van der Waals surface area contributed by atoms with Gasteiger partial charge in [0.05, 0.1) is 5.84 Å². The van der Waals surface area contributed by atoms with E-state index < -0.39 is 0 Å². The normalized spacial score (nSPS) is 22.2. The Morgan fingerprint density at radius 3 is 2.43 bits per heavy atom. The highest BCUT2D eigenvalue weighted by atomic mass is 15.2. The van der Waals surface area contributed by atoms with Crippen molar-refractivity contribution in [1.29, 1.82) is 5.41 Å². The van der Waals surface area contributed by atoms with E-state index in [2.05, 4.69) is 32.6 Å². The van der Waals surface area contributed by atoms with E-state index in [0.29, 0.717) is 11.3 Å². The van der Waals surface area contributed by atoms with E-state index in [-0.39, 0.29) is 0 Å². The zero-order valence-corrected chi connectivity index (χ0v) is 10.1. The van der Waals surface area contributed by atoms with Gasteiger partial charge in [-0.05, 0) is 24.7 Å².